The van der Waals surface area contributed by atoms with Gasteiger partial charge in [0, 0.05) is 35.5 Å². The van der Waals surface area contributed by atoms with Crippen molar-refractivity contribution in [2.45, 2.75) is 24.4 Å². The Bertz CT molecular complexity index is 671. The SMILES string of the molecule is Cl.O=C(C[C@@H](CNC(=O)[C@@H]1CSCN1)c1ccc(Cl)cc1)N[C@@H](CO)C(=O)O. The molecule has 5 N–H and O–H groups in total. The van der Waals surface area contributed by atoms with E-state index >= 15 is 0 Å². The molecular formula is C17H23Cl2N3O5S. The maximum atomic E-state index is 12.2. The fourth-order valence-electron chi connectivity index (χ4n) is 2.62. The molecule has 2 amide bonds. The number of thioether (sulfide) groups is 1. The van der Waals surface area contributed by atoms with Crippen LogP contribution < -0.4 is 16.0 Å². The zero-order valence-electron chi connectivity index (χ0n) is 14.9. The molecule has 1 aromatic rings. The lowest BCUT2D eigenvalue weighted by atomic mass is 9.95. The minimum Gasteiger partial charge on any atom is -0.480 e. The van der Waals surface area contributed by atoms with Gasteiger partial charge in [0.2, 0.25) is 11.8 Å². The molecular weight excluding hydrogens is 429 g/mol. The average Bonchev–Trinajstić information content (AvgIpc) is 3.18. The normalized spacial score (nSPS) is 17.9. The van der Waals surface area contributed by atoms with E-state index in [2.05, 4.69) is 16.0 Å². The van der Waals surface area contributed by atoms with Crippen molar-refractivity contribution in [3.63, 3.8) is 0 Å². The number of carbonyl (C=O) groups excluding carboxylic acids is 2. The number of aliphatic carboxylic acids is 1. The molecule has 11 heteroatoms. The van der Waals surface area contributed by atoms with Crippen molar-refractivity contribution >= 4 is 53.6 Å². The van der Waals surface area contributed by atoms with Crippen LogP contribution in [0.25, 0.3) is 0 Å². The Morgan fingerprint density at radius 2 is 1.96 bits per heavy atom. The highest BCUT2D eigenvalue weighted by Gasteiger charge is 2.25. The third-order valence-electron chi connectivity index (χ3n) is 4.14. The van der Waals surface area contributed by atoms with Gasteiger partial charge >= 0.3 is 5.97 Å². The maximum Gasteiger partial charge on any atom is 0.328 e. The van der Waals surface area contributed by atoms with Gasteiger partial charge in [-0.1, -0.05) is 23.7 Å². The minimum atomic E-state index is -1.36. The Hall–Kier alpha value is -1.52. The van der Waals surface area contributed by atoms with Crippen molar-refractivity contribution in [1.29, 1.82) is 0 Å². The molecule has 0 saturated carbocycles. The van der Waals surface area contributed by atoms with Crippen molar-refractivity contribution in [3.8, 4) is 0 Å². The zero-order chi connectivity index (χ0) is 19.8. The van der Waals surface area contributed by atoms with Gasteiger partial charge in [0.15, 0.2) is 0 Å². The Kier molecular flexibility index (Phi) is 10.6. The number of hydrogen-bond acceptors (Lipinski definition) is 6. The Balaban J connectivity index is 0.00000392. The zero-order valence-corrected chi connectivity index (χ0v) is 17.3. The predicted octanol–water partition coefficient (Wildman–Crippen LogP) is 0.576. The van der Waals surface area contributed by atoms with Crippen LogP contribution in [0.2, 0.25) is 5.02 Å². The van der Waals surface area contributed by atoms with Gasteiger partial charge in [-0.05, 0) is 17.7 Å². The average molecular weight is 452 g/mol. The lowest BCUT2D eigenvalue weighted by Gasteiger charge is -2.20. The quantitative estimate of drug-likeness (QED) is 0.371. The number of carbonyl (C=O) groups is 3. The van der Waals surface area contributed by atoms with Crippen molar-refractivity contribution in [2.75, 3.05) is 24.8 Å². The molecule has 0 aliphatic carbocycles. The van der Waals surface area contributed by atoms with Crippen LogP contribution >= 0.6 is 35.8 Å². The summed E-state index contributed by atoms with van der Waals surface area (Å²) >= 11 is 7.54. The standard InChI is InChI=1S/C17H22ClN3O5S.ClH/c18-12-3-1-10(2-4-12)11(5-15(23)21-13(7-22)17(25)26)6-19-16(24)14-8-27-9-20-14;/h1-4,11,13-14,20,22H,5-9H2,(H,19,24)(H,21,23)(H,25,26);1H/t11-,13-,14-;/m0./s1. The van der Waals surface area contributed by atoms with E-state index in [9.17, 15) is 14.4 Å². The van der Waals surface area contributed by atoms with Crippen molar-refractivity contribution in [1.82, 2.24) is 16.0 Å². The van der Waals surface area contributed by atoms with Gasteiger partial charge in [-0.15, -0.1) is 24.2 Å². The lowest BCUT2D eigenvalue weighted by Crippen LogP contribution is -2.45. The number of benzene rings is 1. The summed E-state index contributed by atoms with van der Waals surface area (Å²) in [6.45, 7) is -0.484. The number of aliphatic hydroxyl groups excluding tert-OH is 1. The van der Waals surface area contributed by atoms with Gasteiger partial charge in [-0.3, -0.25) is 14.9 Å². The number of carboxylic acid groups (broad SMARTS) is 1. The van der Waals surface area contributed by atoms with Crippen LogP contribution in [0, 0.1) is 0 Å². The molecule has 1 fully saturated rings. The predicted molar refractivity (Wildman–Crippen MR) is 110 cm³/mol. The number of aliphatic hydroxyl groups is 1. The second-order valence-corrected chi connectivity index (χ2v) is 7.58. The summed E-state index contributed by atoms with van der Waals surface area (Å²) in [5, 5.41) is 26.7. The first-order valence-corrected chi connectivity index (χ1v) is 9.91. The van der Waals surface area contributed by atoms with Gasteiger partial charge in [-0.25, -0.2) is 4.79 Å². The molecule has 0 spiro atoms. The molecule has 0 unspecified atom stereocenters. The molecule has 1 aliphatic rings. The number of amides is 2. The highest BCUT2D eigenvalue weighted by Crippen LogP contribution is 2.21. The van der Waals surface area contributed by atoms with E-state index < -0.39 is 24.5 Å². The van der Waals surface area contributed by atoms with E-state index in [0.29, 0.717) is 10.8 Å². The van der Waals surface area contributed by atoms with E-state index in [1.165, 1.54) is 0 Å². The van der Waals surface area contributed by atoms with Crippen molar-refractivity contribution < 1.29 is 24.6 Å². The summed E-state index contributed by atoms with van der Waals surface area (Å²) in [6.07, 6.45) is -0.0431. The molecule has 1 saturated heterocycles. The first-order valence-electron chi connectivity index (χ1n) is 8.38. The molecule has 1 aromatic carbocycles. The topological polar surface area (TPSA) is 128 Å². The Morgan fingerprint density at radius 1 is 1.29 bits per heavy atom. The molecule has 2 rings (SSSR count). The smallest absolute Gasteiger partial charge is 0.328 e. The number of hydrogen-bond donors (Lipinski definition) is 5. The summed E-state index contributed by atoms with van der Waals surface area (Å²) < 4.78 is 0. The lowest BCUT2D eigenvalue weighted by molar-refractivity contribution is -0.143. The van der Waals surface area contributed by atoms with Crippen LogP contribution in [0.15, 0.2) is 24.3 Å². The third-order valence-corrected chi connectivity index (χ3v) is 5.34. The van der Waals surface area contributed by atoms with E-state index in [1.807, 2.05) is 0 Å². The summed E-state index contributed by atoms with van der Waals surface area (Å²) in [5.41, 5.74) is 0.791. The first kappa shape index (κ1) is 24.5. The molecule has 1 heterocycles. The molecule has 1 aliphatic heterocycles. The molecule has 0 aromatic heterocycles. The second kappa shape index (κ2) is 12.1. The summed E-state index contributed by atoms with van der Waals surface area (Å²) in [4.78, 5) is 35.4. The van der Waals surface area contributed by atoms with Crippen molar-refractivity contribution in [2.24, 2.45) is 0 Å². The Labute approximate surface area is 178 Å². The van der Waals surface area contributed by atoms with Gasteiger partial charge in [-0.2, -0.15) is 0 Å². The van der Waals surface area contributed by atoms with Crippen LogP contribution in [0.1, 0.15) is 17.9 Å². The van der Waals surface area contributed by atoms with Crippen LogP contribution in [-0.4, -0.2) is 64.9 Å². The fraction of sp³-hybridized carbons (Fsp3) is 0.471. The fourth-order valence-corrected chi connectivity index (χ4v) is 3.68. The van der Waals surface area contributed by atoms with E-state index in [0.717, 1.165) is 11.4 Å². The second-order valence-electron chi connectivity index (χ2n) is 6.11. The largest absolute Gasteiger partial charge is 0.480 e. The molecule has 0 radical (unpaired) electrons. The van der Waals surface area contributed by atoms with Gasteiger partial charge in [0.1, 0.15) is 6.04 Å². The van der Waals surface area contributed by atoms with E-state index in [-0.39, 0.29) is 43.2 Å². The van der Waals surface area contributed by atoms with Crippen LogP contribution in [-0.2, 0) is 14.4 Å². The summed E-state index contributed by atoms with van der Waals surface area (Å²) in [6, 6.07) is 5.27. The van der Waals surface area contributed by atoms with Crippen LogP contribution in [0.3, 0.4) is 0 Å². The highest BCUT2D eigenvalue weighted by molar-refractivity contribution is 7.99. The molecule has 3 atom stereocenters. The summed E-state index contributed by atoms with van der Waals surface area (Å²) in [5.74, 6) is -0.938. The van der Waals surface area contributed by atoms with E-state index in [1.54, 1.807) is 36.0 Å². The van der Waals surface area contributed by atoms with Gasteiger partial charge in [0.05, 0.1) is 12.6 Å². The molecule has 156 valence electrons. The highest BCUT2D eigenvalue weighted by atomic mass is 35.5. The summed E-state index contributed by atoms with van der Waals surface area (Å²) in [7, 11) is 0. The van der Waals surface area contributed by atoms with Crippen LogP contribution in [0.5, 0.6) is 0 Å². The van der Waals surface area contributed by atoms with Crippen LogP contribution in [0.4, 0.5) is 0 Å². The molecule has 8 nitrogen and oxygen atoms in total. The van der Waals surface area contributed by atoms with Gasteiger partial charge < -0.3 is 20.8 Å². The number of carboxylic acids is 1. The van der Waals surface area contributed by atoms with Gasteiger partial charge in [0.25, 0.3) is 0 Å². The number of nitrogens with one attached hydrogen (secondary N) is 3. The maximum absolute atomic E-state index is 12.2. The first-order chi connectivity index (χ1) is 12.9. The van der Waals surface area contributed by atoms with Crippen molar-refractivity contribution in [3.05, 3.63) is 34.9 Å². The number of rotatable bonds is 9. The Morgan fingerprint density at radius 3 is 2.50 bits per heavy atom. The monoisotopic (exact) mass is 451 g/mol. The number of halogens is 2. The molecule has 0 bridgehead atoms. The minimum absolute atomic E-state index is 0. The van der Waals surface area contributed by atoms with E-state index in [4.69, 9.17) is 21.8 Å². The third kappa shape index (κ3) is 7.48. The molecule has 28 heavy (non-hydrogen) atoms.